The molecule has 0 unspecified atom stereocenters. The zero-order valence-corrected chi connectivity index (χ0v) is 16.2. The number of halogens is 2. The van der Waals surface area contributed by atoms with Gasteiger partial charge < -0.3 is 9.84 Å². The number of ether oxygens (including phenoxy) is 1. The minimum atomic E-state index is -0.725. The summed E-state index contributed by atoms with van der Waals surface area (Å²) >= 11 is 13.3. The molecule has 2 aromatic carbocycles. The van der Waals surface area contributed by atoms with E-state index in [4.69, 9.17) is 27.9 Å². The SMILES string of the molecule is Cc1ccccc1-n1nnnc1SC[C@@H](O)COc1cc(Cl)ccc1Cl. The van der Waals surface area contributed by atoms with Gasteiger partial charge in [-0.2, -0.15) is 4.68 Å². The minimum absolute atomic E-state index is 0.0823. The van der Waals surface area contributed by atoms with E-state index in [2.05, 4.69) is 15.5 Å². The van der Waals surface area contributed by atoms with E-state index in [-0.39, 0.29) is 6.61 Å². The van der Waals surface area contributed by atoms with Gasteiger partial charge in [0.2, 0.25) is 5.16 Å². The lowest BCUT2D eigenvalue weighted by Gasteiger charge is -2.13. The van der Waals surface area contributed by atoms with Crippen LogP contribution in [0, 0.1) is 6.92 Å². The monoisotopic (exact) mass is 410 g/mol. The fraction of sp³-hybridized carbons (Fsp3) is 0.235. The Morgan fingerprint density at radius 3 is 2.85 bits per heavy atom. The van der Waals surface area contributed by atoms with Crippen molar-refractivity contribution in [2.45, 2.75) is 18.2 Å². The third-order valence-corrected chi connectivity index (χ3v) is 5.13. The van der Waals surface area contributed by atoms with Crippen molar-refractivity contribution in [2.24, 2.45) is 0 Å². The van der Waals surface area contributed by atoms with Crippen molar-refractivity contribution in [3.63, 3.8) is 0 Å². The fourth-order valence-corrected chi connectivity index (χ4v) is 3.34. The van der Waals surface area contributed by atoms with Crippen molar-refractivity contribution >= 4 is 35.0 Å². The maximum Gasteiger partial charge on any atom is 0.214 e. The number of aryl methyl sites for hydroxylation is 1. The van der Waals surface area contributed by atoms with Crippen molar-refractivity contribution in [1.29, 1.82) is 0 Å². The molecular formula is C17H16Cl2N4O2S. The standard InChI is InChI=1S/C17H16Cl2N4O2S/c1-11-4-2-3-5-15(11)23-17(20-21-22-23)26-10-13(24)9-25-16-8-12(18)6-7-14(16)19/h2-8,13,24H,9-10H2,1H3/t13-/m0/s1. The van der Waals surface area contributed by atoms with Crippen LogP contribution in [0.4, 0.5) is 0 Å². The van der Waals surface area contributed by atoms with Gasteiger partial charge in [0.25, 0.3) is 0 Å². The number of benzene rings is 2. The summed E-state index contributed by atoms with van der Waals surface area (Å²) in [5.74, 6) is 0.803. The van der Waals surface area contributed by atoms with E-state index < -0.39 is 6.10 Å². The smallest absolute Gasteiger partial charge is 0.214 e. The fourth-order valence-electron chi connectivity index (χ4n) is 2.21. The number of tetrazole rings is 1. The number of hydrogen-bond donors (Lipinski definition) is 1. The van der Waals surface area contributed by atoms with E-state index in [1.54, 1.807) is 22.9 Å². The van der Waals surface area contributed by atoms with Crippen LogP contribution in [-0.2, 0) is 0 Å². The van der Waals surface area contributed by atoms with Crippen LogP contribution in [0.2, 0.25) is 10.0 Å². The summed E-state index contributed by atoms with van der Waals surface area (Å²) in [4.78, 5) is 0. The highest BCUT2D eigenvalue weighted by molar-refractivity contribution is 7.99. The predicted molar refractivity (Wildman–Crippen MR) is 103 cm³/mol. The lowest BCUT2D eigenvalue weighted by molar-refractivity contribution is 0.126. The summed E-state index contributed by atoms with van der Waals surface area (Å²) in [6.07, 6.45) is -0.725. The number of thioether (sulfide) groups is 1. The summed E-state index contributed by atoms with van der Waals surface area (Å²) in [6.45, 7) is 2.07. The van der Waals surface area contributed by atoms with Crippen LogP contribution in [0.25, 0.3) is 5.69 Å². The van der Waals surface area contributed by atoms with E-state index in [0.717, 1.165) is 11.3 Å². The Labute approximate surface area is 165 Å². The van der Waals surface area contributed by atoms with E-state index >= 15 is 0 Å². The van der Waals surface area contributed by atoms with Crippen LogP contribution < -0.4 is 4.74 Å². The molecule has 9 heteroatoms. The largest absolute Gasteiger partial charge is 0.489 e. The maximum atomic E-state index is 10.2. The summed E-state index contributed by atoms with van der Waals surface area (Å²) in [6, 6.07) is 12.8. The Bertz CT molecular complexity index is 891. The van der Waals surface area contributed by atoms with Crippen molar-refractivity contribution in [3.05, 3.63) is 58.1 Å². The van der Waals surface area contributed by atoms with Gasteiger partial charge >= 0.3 is 0 Å². The van der Waals surface area contributed by atoms with E-state index in [1.807, 2.05) is 31.2 Å². The molecule has 0 saturated heterocycles. The number of rotatable bonds is 7. The second kappa shape index (κ2) is 8.73. The number of aliphatic hydroxyl groups is 1. The molecule has 0 spiro atoms. The zero-order chi connectivity index (χ0) is 18.5. The van der Waals surface area contributed by atoms with Crippen molar-refractivity contribution < 1.29 is 9.84 Å². The third kappa shape index (κ3) is 4.67. The van der Waals surface area contributed by atoms with Gasteiger partial charge in [0, 0.05) is 16.8 Å². The second-order valence-corrected chi connectivity index (χ2v) is 7.34. The van der Waals surface area contributed by atoms with Crippen LogP contribution in [0.15, 0.2) is 47.6 Å². The quantitative estimate of drug-likeness (QED) is 0.596. The topological polar surface area (TPSA) is 73.1 Å². The molecule has 1 atom stereocenters. The zero-order valence-electron chi connectivity index (χ0n) is 13.8. The van der Waals surface area contributed by atoms with Crippen molar-refractivity contribution in [2.75, 3.05) is 12.4 Å². The molecule has 0 saturated carbocycles. The molecule has 0 aliphatic heterocycles. The molecule has 1 heterocycles. The van der Waals surface area contributed by atoms with Gasteiger partial charge in [0.15, 0.2) is 0 Å². The first-order valence-electron chi connectivity index (χ1n) is 7.77. The lowest BCUT2D eigenvalue weighted by atomic mass is 10.2. The van der Waals surface area contributed by atoms with Gasteiger partial charge in [-0.05, 0) is 41.1 Å². The first-order chi connectivity index (χ1) is 12.5. The molecule has 0 aliphatic carbocycles. The average Bonchev–Trinajstić information content (AvgIpc) is 3.09. The summed E-state index contributed by atoms with van der Waals surface area (Å²) < 4.78 is 7.20. The Morgan fingerprint density at radius 2 is 2.04 bits per heavy atom. The highest BCUT2D eigenvalue weighted by Crippen LogP contribution is 2.28. The Morgan fingerprint density at radius 1 is 1.23 bits per heavy atom. The van der Waals surface area contributed by atoms with E-state index in [1.165, 1.54) is 11.8 Å². The number of aliphatic hydroxyl groups excluding tert-OH is 1. The molecule has 1 aromatic heterocycles. The third-order valence-electron chi connectivity index (χ3n) is 3.51. The molecule has 0 amide bonds. The highest BCUT2D eigenvalue weighted by atomic mass is 35.5. The molecular weight excluding hydrogens is 395 g/mol. The summed E-state index contributed by atoms with van der Waals surface area (Å²) in [7, 11) is 0. The van der Waals surface area contributed by atoms with Crippen molar-refractivity contribution in [1.82, 2.24) is 20.2 Å². The predicted octanol–water partition coefficient (Wildman–Crippen LogP) is 3.81. The Kier molecular flexibility index (Phi) is 6.37. The molecule has 1 N–H and O–H groups in total. The molecule has 3 rings (SSSR count). The van der Waals surface area contributed by atoms with Gasteiger partial charge in [-0.3, -0.25) is 0 Å². The highest BCUT2D eigenvalue weighted by Gasteiger charge is 2.14. The van der Waals surface area contributed by atoms with Gasteiger partial charge in [-0.15, -0.1) is 5.10 Å². The second-order valence-electron chi connectivity index (χ2n) is 5.51. The van der Waals surface area contributed by atoms with Crippen LogP contribution in [0.1, 0.15) is 5.56 Å². The van der Waals surface area contributed by atoms with Crippen LogP contribution >= 0.6 is 35.0 Å². The van der Waals surface area contributed by atoms with Crippen molar-refractivity contribution in [3.8, 4) is 11.4 Å². The molecule has 0 fully saturated rings. The van der Waals surface area contributed by atoms with Gasteiger partial charge in [-0.1, -0.05) is 53.2 Å². The summed E-state index contributed by atoms with van der Waals surface area (Å²) in [5, 5.41) is 23.5. The maximum absolute atomic E-state index is 10.2. The summed E-state index contributed by atoms with van der Waals surface area (Å²) in [5.41, 5.74) is 1.96. The van der Waals surface area contributed by atoms with Gasteiger partial charge in [0.1, 0.15) is 12.4 Å². The normalized spacial score (nSPS) is 12.2. The Hall–Kier alpha value is -1.80. The number of para-hydroxylation sites is 1. The first kappa shape index (κ1) is 19.0. The van der Waals surface area contributed by atoms with Gasteiger partial charge in [-0.25, -0.2) is 0 Å². The minimum Gasteiger partial charge on any atom is -0.489 e. The van der Waals surface area contributed by atoms with Crippen LogP contribution in [-0.4, -0.2) is 43.8 Å². The molecule has 26 heavy (non-hydrogen) atoms. The molecule has 3 aromatic rings. The van der Waals surface area contributed by atoms with Gasteiger partial charge in [0.05, 0.1) is 16.8 Å². The Balaban J connectivity index is 1.59. The molecule has 0 radical (unpaired) electrons. The van der Waals surface area contributed by atoms with Crippen LogP contribution in [0.3, 0.4) is 0 Å². The molecule has 0 aliphatic rings. The van der Waals surface area contributed by atoms with Crippen LogP contribution in [0.5, 0.6) is 5.75 Å². The lowest BCUT2D eigenvalue weighted by Crippen LogP contribution is -2.20. The average molecular weight is 411 g/mol. The van der Waals surface area contributed by atoms with E-state index in [9.17, 15) is 5.11 Å². The number of hydrogen-bond acceptors (Lipinski definition) is 6. The first-order valence-corrected chi connectivity index (χ1v) is 9.52. The van der Waals surface area contributed by atoms with E-state index in [0.29, 0.717) is 26.7 Å². The molecule has 0 bridgehead atoms. The molecule has 6 nitrogen and oxygen atoms in total. The number of aromatic nitrogens is 4. The molecule has 136 valence electrons. The number of nitrogens with zero attached hydrogens (tertiary/aromatic N) is 4.